The van der Waals surface area contributed by atoms with E-state index in [1.165, 1.54) is 4.88 Å². The molecule has 12 heavy (non-hydrogen) atoms. The molecule has 2 rings (SSSR count). The maximum atomic E-state index is 8.81. The molecule has 1 aliphatic heterocycles. The highest BCUT2D eigenvalue weighted by Gasteiger charge is 2.29. The first-order valence-electron chi connectivity index (χ1n) is 3.96. The van der Waals surface area contributed by atoms with Gasteiger partial charge < -0.3 is 4.74 Å². The Hall–Kier alpha value is -0.850. The van der Waals surface area contributed by atoms with E-state index in [9.17, 15) is 0 Å². The van der Waals surface area contributed by atoms with Crippen LogP contribution in [-0.4, -0.2) is 6.61 Å². The summed E-state index contributed by atoms with van der Waals surface area (Å²) in [5.41, 5.74) is 0. The first-order valence-corrected chi connectivity index (χ1v) is 4.84. The number of hydrogen-bond acceptors (Lipinski definition) is 3. The van der Waals surface area contributed by atoms with E-state index in [0.717, 1.165) is 13.0 Å². The fraction of sp³-hybridized carbons (Fsp3) is 0.444. The van der Waals surface area contributed by atoms with Gasteiger partial charge in [0.1, 0.15) is 6.10 Å². The number of thiophene rings is 1. The van der Waals surface area contributed by atoms with Gasteiger partial charge in [0, 0.05) is 11.5 Å². The van der Waals surface area contributed by atoms with Crippen molar-refractivity contribution in [1.29, 1.82) is 5.26 Å². The molecule has 1 aromatic rings. The second-order valence-corrected chi connectivity index (χ2v) is 3.81. The van der Waals surface area contributed by atoms with E-state index in [4.69, 9.17) is 10.00 Å². The summed E-state index contributed by atoms with van der Waals surface area (Å²) >= 11 is 1.66. The minimum atomic E-state index is 0.0370. The van der Waals surface area contributed by atoms with Crippen LogP contribution in [-0.2, 0) is 4.74 Å². The van der Waals surface area contributed by atoms with Gasteiger partial charge in [-0.25, -0.2) is 0 Å². The molecule has 1 aliphatic rings. The number of rotatable bonds is 1. The molecule has 0 radical (unpaired) electrons. The maximum absolute atomic E-state index is 8.81. The lowest BCUT2D eigenvalue weighted by Crippen LogP contribution is -2.02. The maximum Gasteiger partial charge on any atom is 0.107 e. The van der Waals surface area contributed by atoms with Crippen molar-refractivity contribution in [3.8, 4) is 6.07 Å². The Morgan fingerprint density at radius 1 is 1.67 bits per heavy atom. The van der Waals surface area contributed by atoms with E-state index in [2.05, 4.69) is 6.07 Å². The molecule has 0 N–H and O–H groups in total. The van der Waals surface area contributed by atoms with Crippen LogP contribution in [0.25, 0.3) is 0 Å². The number of nitrogens with zero attached hydrogens (tertiary/aromatic N) is 1. The van der Waals surface area contributed by atoms with E-state index in [0.29, 0.717) is 0 Å². The Kier molecular flexibility index (Phi) is 2.11. The molecule has 1 fully saturated rings. The van der Waals surface area contributed by atoms with Crippen LogP contribution in [0.2, 0.25) is 0 Å². The molecule has 0 saturated carbocycles. The quantitative estimate of drug-likeness (QED) is 0.663. The topological polar surface area (TPSA) is 33.0 Å². The van der Waals surface area contributed by atoms with E-state index < -0.39 is 0 Å². The van der Waals surface area contributed by atoms with Crippen LogP contribution in [0.1, 0.15) is 17.4 Å². The Balaban J connectivity index is 2.20. The van der Waals surface area contributed by atoms with E-state index >= 15 is 0 Å². The molecule has 2 atom stereocenters. The number of ether oxygens (including phenoxy) is 1. The van der Waals surface area contributed by atoms with Gasteiger partial charge in [-0.05, 0) is 17.9 Å². The Bertz CT molecular complexity index is 288. The summed E-state index contributed by atoms with van der Waals surface area (Å²) in [6.45, 7) is 0.723. The molecular weight excluding hydrogens is 170 g/mol. The first kappa shape index (κ1) is 7.78. The van der Waals surface area contributed by atoms with Crippen molar-refractivity contribution in [3.05, 3.63) is 22.4 Å². The molecule has 2 unspecified atom stereocenters. The lowest BCUT2D eigenvalue weighted by Gasteiger charge is -2.09. The highest BCUT2D eigenvalue weighted by molar-refractivity contribution is 7.10. The minimum absolute atomic E-state index is 0.0370. The van der Waals surface area contributed by atoms with Crippen molar-refractivity contribution in [1.82, 2.24) is 0 Å². The van der Waals surface area contributed by atoms with Crippen molar-refractivity contribution in [2.45, 2.75) is 12.5 Å². The van der Waals surface area contributed by atoms with Gasteiger partial charge in [0.05, 0.1) is 12.0 Å². The summed E-state index contributed by atoms with van der Waals surface area (Å²) < 4.78 is 5.49. The smallest absolute Gasteiger partial charge is 0.107 e. The van der Waals surface area contributed by atoms with Crippen LogP contribution in [0.3, 0.4) is 0 Å². The molecule has 0 bridgehead atoms. The van der Waals surface area contributed by atoms with Gasteiger partial charge in [0.2, 0.25) is 0 Å². The third-order valence-corrected chi connectivity index (χ3v) is 3.01. The van der Waals surface area contributed by atoms with Crippen LogP contribution >= 0.6 is 11.3 Å². The van der Waals surface area contributed by atoms with Gasteiger partial charge in [0.15, 0.2) is 0 Å². The van der Waals surface area contributed by atoms with Gasteiger partial charge in [-0.2, -0.15) is 5.26 Å². The zero-order valence-electron chi connectivity index (χ0n) is 6.56. The number of nitriles is 1. The third-order valence-electron chi connectivity index (χ3n) is 2.08. The lowest BCUT2D eigenvalue weighted by atomic mass is 10.0. The summed E-state index contributed by atoms with van der Waals surface area (Å²) in [7, 11) is 0. The van der Waals surface area contributed by atoms with Gasteiger partial charge in [0.25, 0.3) is 0 Å². The standard InChI is InChI=1S/C9H9NOS/c10-6-7-3-4-11-9(7)8-2-1-5-12-8/h1-2,5,7,9H,3-4H2. The Morgan fingerprint density at radius 2 is 2.58 bits per heavy atom. The van der Waals surface area contributed by atoms with Crippen molar-refractivity contribution in [3.63, 3.8) is 0 Å². The molecule has 3 heteroatoms. The Morgan fingerprint density at radius 3 is 3.25 bits per heavy atom. The molecule has 2 heterocycles. The summed E-state index contributed by atoms with van der Waals surface area (Å²) in [5.74, 6) is 0.0589. The highest BCUT2D eigenvalue weighted by atomic mass is 32.1. The van der Waals surface area contributed by atoms with Crippen molar-refractivity contribution >= 4 is 11.3 Å². The predicted octanol–water partition coefficient (Wildman–Crippen LogP) is 2.35. The van der Waals surface area contributed by atoms with Crippen molar-refractivity contribution in [2.75, 3.05) is 6.61 Å². The largest absolute Gasteiger partial charge is 0.371 e. The van der Waals surface area contributed by atoms with Gasteiger partial charge in [-0.3, -0.25) is 0 Å². The van der Waals surface area contributed by atoms with Gasteiger partial charge in [-0.1, -0.05) is 6.07 Å². The fourth-order valence-electron chi connectivity index (χ4n) is 1.46. The number of hydrogen-bond donors (Lipinski definition) is 0. The predicted molar refractivity (Wildman–Crippen MR) is 46.7 cm³/mol. The van der Waals surface area contributed by atoms with E-state index in [1.807, 2.05) is 17.5 Å². The summed E-state index contributed by atoms with van der Waals surface area (Å²) in [6.07, 6.45) is 0.911. The van der Waals surface area contributed by atoms with Crippen LogP contribution < -0.4 is 0 Å². The summed E-state index contributed by atoms with van der Waals surface area (Å²) in [5, 5.41) is 10.8. The molecule has 1 aromatic heterocycles. The van der Waals surface area contributed by atoms with Crippen molar-refractivity contribution < 1.29 is 4.74 Å². The zero-order valence-corrected chi connectivity index (χ0v) is 7.38. The SMILES string of the molecule is N#CC1CCOC1c1cccs1. The van der Waals surface area contributed by atoms with Gasteiger partial charge >= 0.3 is 0 Å². The molecule has 0 aliphatic carbocycles. The fourth-order valence-corrected chi connectivity index (χ4v) is 2.29. The molecular formula is C9H9NOS. The molecule has 62 valence electrons. The second-order valence-electron chi connectivity index (χ2n) is 2.83. The Labute approximate surface area is 75.4 Å². The van der Waals surface area contributed by atoms with E-state index in [-0.39, 0.29) is 12.0 Å². The summed E-state index contributed by atoms with van der Waals surface area (Å²) in [4.78, 5) is 1.18. The van der Waals surface area contributed by atoms with Crippen molar-refractivity contribution in [2.24, 2.45) is 5.92 Å². The first-order chi connectivity index (χ1) is 5.92. The van der Waals surface area contributed by atoms with Crippen LogP contribution in [0.5, 0.6) is 0 Å². The normalized spacial score (nSPS) is 28.6. The van der Waals surface area contributed by atoms with Crippen LogP contribution in [0.4, 0.5) is 0 Å². The lowest BCUT2D eigenvalue weighted by molar-refractivity contribution is 0.103. The van der Waals surface area contributed by atoms with Crippen LogP contribution in [0, 0.1) is 17.2 Å². The van der Waals surface area contributed by atoms with E-state index in [1.54, 1.807) is 11.3 Å². The van der Waals surface area contributed by atoms with Crippen LogP contribution in [0.15, 0.2) is 17.5 Å². The molecule has 0 spiro atoms. The minimum Gasteiger partial charge on any atom is -0.371 e. The monoisotopic (exact) mass is 179 g/mol. The second kappa shape index (κ2) is 3.26. The average Bonchev–Trinajstić information content (AvgIpc) is 2.74. The molecule has 2 nitrogen and oxygen atoms in total. The third kappa shape index (κ3) is 1.24. The molecule has 0 aromatic carbocycles. The molecule has 1 saturated heterocycles. The highest BCUT2D eigenvalue weighted by Crippen LogP contribution is 2.35. The average molecular weight is 179 g/mol. The molecule has 0 amide bonds. The van der Waals surface area contributed by atoms with Gasteiger partial charge in [-0.15, -0.1) is 11.3 Å². The summed E-state index contributed by atoms with van der Waals surface area (Å²) in [6, 6.07) is 6.31. The zero-order chi connectivity index (χ0) is 8.39.